The predicted octanol–water partition coefficient (Wildman–Crippen LogP) is 7.32. The molecule has 1 heteroatoms. The van der Waals surface area contributed by atoms with E-state index in [1.165, 1.54) is 51.4 Å². The molecule has 4 fully saturated rings. The van der Waals surface area contributed by atoms with Crippen LogP contribution in [0.25, 0.3) is 0 Å². The quantitative estimate of drug-likeness (QED) is 0.534. The highest BCUT2D eigenvalue weighted by atomic mass is 16.3. The van der Waals surface area contributed by atoms with E-state index in [2.05, 4.69) is 41.5 Å². The van der Waals surface area contributed by atoms with Crippen molar-refractivity contribution in [2.45, 2.75) is 112 Å². The summed E-state index contributed by atoms with van der Waals surface area (Å²) in [4.78, 5) is 0. The summed E-state index contributed by atoms with van der Waals surface area (Å²) in [6, 6.07) is 0. The van der Waals surface area contributed by atoms with Crippen LogP contribution in [0.5, 0.6) is 0 Å². The van der Waals surface area contributed by atoms with Gasteiger partial charge in [0.25, 0.3) is 0 Å². The van der Waals surface area contributed by atoms with E-state index in [1.54, 1.807) is 0 Å². The van der Waals surface area contributed by atoms with Crippen LogP contribution in [-0.4, -0.2) is 11.2 Å². The Balaban J connectivity index is 1.62. The molecule has 4 rings (SSSR count). The molecule has 162 valence electrons. The lowest BCUT2D eigenvalue weighted by Gasteiger charge is -2.63. The molecule has 0 aromatic carbocycles. The van der Waals surface area contributed by atoms with Crippen molar-refractivity contribution in [1.82, 2.24) is 0 Å². The third-order valence-corrected chi connectivity index (χ3v) is 11.6. The molecule has 4 saturated carbocycles. The van der Waals surface area contributed by atoms with E-state index in [9.17, 15) is 5.11 Å². The van der Waals surface area contributed by atoms with Crippen molar-refractivity contribution in [3.8, 4) is 0 Å². The Morgan fingerprint density at radius 1 is 0.857 bits per heavy atom. The minimum atomic E-state index is -0.0234. The normalized spacial score (nSPS) is 53.0. The Labute approximate surface area is 175 Å². The molecule has 0 aromatic heterocycles. The molecule has 0 radical (unpaired) electrons. The van der Waals surface area contributed by atoms with E-state index in [0.29, 0.717) is 10.8 Å². The van der Waals surface area contributed by atoms with Crippen molar-refractivity contribution < 1.29 is 5.11 Å². The zero-order valence-corrected chi connectivity index (χ0v) is 19.7. The fourth-order valence-corrected chi connectivity index (χ4v) is 9.61. The van der Waals surface area contributed by atoms with Gasteiger partial charge in [-0.1, -0.05) is 54.4 Å². The van der Waals surface area contributed by atoms with Crippen LogP contribution in [0.2, 0.25) is 0 Å². The van der Waals surface area contributed by atoms with Gasteiger partial charge in [-0.3, -0.25) is 0 Å². The molecule has 1 N–H and O–H groups in total. The van der Waals surface area contributed by atoms with Crippen LogP contribution in [0.3, 0.4) is 0 Å². The maximum absolute atomic E-state index is 10.4. The first kappa shape index (κ1) is 21.2. The summed E-state index contributed by atoms with van der Waals surface area (Å²) >= 11 is 0. The molecule has 4 aliphatic carbocycles. The van der Waals surface area contributed by atoms with Crippen LogP contribution in [-0.2, 0) is 0 Å². The van der Waals surface area contributed by atoms with Gasteiger partial charge in [-0.05, 0) is 110 Å². The van der Waals surface area contributed by atoms with Crippen molar-refractivity contribution in [2.24, 2.45) is 58.2 Å². The lowest BCUT2D eigenvalue weighted by molar-refractivity contribution is -0.153. The number of aliphatic hydroxyl groups is 1. The van der Waals surface area contributed by atoms with Gasteiger partial charge in [0.05, 0.1) is 6.10 Å². The molecule has 0 aromatic rings. The highest BCUT2D eigenvalue weighted by Gasteiger charge is 2.62. The van der Waals surface area contributed by atoms with E-state index >= 15 is 0 Å². The number of hydrogen-bond acceptors (Lipinski definition) is 1. The van der Waals surface area contributed by atoms with Crippen molar-refractivity contribution in [3.63, 3.8) is 0 Å². The van der Waals surface area contributed by atoms with E-state index in [1.807, 2.05) is 0 Å². The Bertz CT molecular complexity index is 556. The molecule has 0 bridgehead atoms. The lowest BCUT2D eigenvalue weighted by Crippen LogP contribution is -2.56. The fourth-order valence-electron chi connectivity index (χ4n) is 9.61. The second kappa shape index (κ2) is 7.58. The Hall–Kier alpha value is -0.0400. The number of fused-ring (bicyclic) bond motifs is 5. The summed E-state index contributed by atoms with van der Waals surface area (Å²) in [6.45, 7) is 15.3. The maximum Gasteiger partial charge on any atom is 0.0543 e. The van der Waals surface area contributed by atoms with Gasteiger partial charge in [0.1, 0.15) is 0 Å². The topological polar surface area (TPSA) is 20.2 Å². The van der Waals surface area contributed by atoms with Gasteiger partial charge in [0.2, 0.25) is 0 Å². The second-order valence-electron chi connectivity index (χ2n) is 12.3. The molecule has 5 unspecified atom stereocenters. The minimum absolute atomic E-state index is 0.0234. The van der Waals surface area contributed by atoms with Crippen LogP contribution in [0.1, 0.15) is 106 Å². The van der Waals surface area contributed by atoms with E-state index in [0.717, 1.165) is 60.2 Å². The van der Waals surface area contributed by atoms with Gasteiger partial charge >= 0.3 is 0 Å². The summed E-state index contributed by atoms with van der Waals surface area (Å²) in [5.74, 6) is 7.22. The summed E-state index contributed by atoms with van der Waals surface area (Å²) < 4.78 is 0. The SMILES string of the molecule is CCC(C)[C@@H](C)C1CCC2C3C[C@H](CC)[C@@H]4C[C@H](O)CC[C@]4(C)C3CC[C@@]21C. The van der Waals surface area contributed by atoms with Crippen molar-refractivity contribution in [1.29, 1.82) is 0 Å². The molecular weight excluding hydrogens is 340 g/mol. The largest absolute Gasteiger partial charge is 0.393 e. The van der Waals surface area contributed by atoms with E-state index in [4.69, 9.17) is 0 Å². The van der Waals surface area contributed by atoms with E-state index < -0.39 is 0 Å². The van der Waals surface area contributed by atoms with Crippen LogP contribution in [0.15, 0.2) is 0 Å². The van der Waals surface area contributed by atoms with Crippen molar-refractivity contribution >= 4 is 0 Å². The number of hydrogen-bond donors (Lipinski definition) is 1. The first-order valence-electron chi connectivity index (χ1n) is 12.9. The van der Waals surface area contributed by atoms with Crippen LogP contribution in [0.4, 0.5) is 0 Å². The zero-order chi connectivity index (χ0) is 20.3. The third kappa shape index (κ3) is 3.04. The fraction of sp³-hybridized carbons (Fsp3) is 1.00. The van der Waals surface area contributed by atoms with Crippen LogP contribution < -0.4 is 0 Å². The van der Waals surface area contributed by atoms with Crippen molar-refractivity contribution in [2.75, 3.05) is 0 Å². The molecule has 0 aliphatic heterocycles. The van der Waals surface area contributed by atoms with Crippen LogP contribution >= 0.6 is 0 Å². The van der Waals surface area contributed by atoms with Gasteiger partial charge in [-0.2, -0.15) is 0 Å². The second-order valence-corrected chi connectivity index (χ2v) is 12.3. The zero-order valence-electron chi connectivity index (χ0n) is 19.7. The van der Waals surface area contributed by atoms with Gasteiger partial charge in [-0.25, -0.2) is 0 Å². The monoisotopic (exact) mass is 388 g/mol. The number of rotatable bonds is 4. The Morgan fingerprint density at radius 3 is 2.21 bits per heavy atom. The van der Waals surface area contributed by atoms with Crippen LogP contribution in [0, 0.1) is 58.2 Å². The van der Waals surface area contributed by atoms with E-state index in [-0.39, 0.29) is 6.10 Å². The highest BCUT2D eigenvalue weighted by Crippen LogP contribution is 2.69. The maximum atomic E-state index is 10.4. The standard InChI is InChI=1S/C27H48O/c1-7-17(3)18(4)22-9-10-23-21-15-19(8-2)25-16-20(28)11-13-27(25,6)24(21)12-14-26(22,23)5/h17-25,28H,7-16H2,1-6H3/t17?,18-,19+,20-,21?,22?,23?,24?,25+,26-,27-/m1/s1. The smallest absolute Gasteiger partial charge is 0.0543 e. The molecule has 11 atom stereocenters. The first-order chi connectivity index (χ1) is 13.3. The number of aliphatic hydroxyl groups excluding tert-OH is 1. The Morgan fingerprint density at radius 2 is 1.54 bits per heavy atom. The first-order valence-corrected chi connectivity index (χ1v) is 12.9. The predicted molar refractivity (Wildman–Crippen MR) is 119 cm³/mol. The third-order valence-electron chi connectivity index (χ3n) is 11.6. The summed E-state index contributed by atoms with van der Waals surface area (Å²) in [5.41, 5.74) is 1.10. The van der Waals surface area contributed by atoms with Gasteiger partial charge in [0.15, 0.2) is 0 Å². The highest BCUT2D eigenvalue weighted by molar-refractivity contribution is 5.11. The molecule has 1 nitrogen and oxygen atoms in total. The Kier molecular flexibility index (Phi) is 5.74. The van der Waals surface area contributed by atoms with Gasteiger partial charge in [-0.15, -0.1) is 0 Å². The molecule has 4 aliphatic rings. The molecule has 0 heterocycles. The average Bonchev–Trinajstić information content (AvgIpc) is 3.04. The molecule has 0 saturated heterocycles. The summed E-state index contributed by atoms with van der Waals surface area (Å²) in [7, 11) is 0. The average molecular weight is 389 g/mol. The van der Waals surface area contributed by atoms with Crippen molar-refractivity contribution in [3.05, 3.63) is 0 Å². The summed E-state index contributed by atoms with van der Waals surface area (Å²) in [5, 5.41) is 10.4. The lowest BCUT2D eigenvalue weighted by atomic mass is 9.42. The minimum Gasteiger partial charge on any atom is -0.393 e. The molecule has 0 spiro atoms. The summed E-state index contributed by atoms with van der Waals surface area (Å²) in [6.07, 6.45) is 13.5. The van der Waals surface area contributed by atoms with Gasteiger partial charge in [0, 0.05) is 0 Å². The van der Waals surface area contributed by atoms with Gasteiger partial charge < -0.3 is 5.11 Å². The molecular formula is C27H48O. The molecule has 0 amide bonds. The molecule has 28 heavy (non-hydrogen) atoms.